The lowest BCUT2D eigenvalue weighted by Crippen LogP contribution is -2.35. The summed E-state index contributed by atoms with van der Waals surface area (Å²) in [6.45, 7) is 3.38. The summed E-state index contributed by atoms with van der Waals surface area (Å²) in [6.07, 6.45) is 3.05. The summed E-state index contributed by atoms with van der Waals surface area (Å²) < 4.78 is 63.5. The number of halogens is 3. The van der Waals surface area contributed by atoms with E-state index in [0.29, 0.717) is 32.1 Å². The Morgan fingerprint density at radius 2 is 2.07 bits per heavy atom. The van der Waals surface area contributed by atoms with Crippen molar-refractivity contribution in [1.29, 1.82) is 0 Å². The highest BCUT2D eigenvalue weighted by molar-refractivity contribution is 7.92. The van der Waals surface area contributed by atoms with Crippen LogP contribution >= 0.6 is 0 Å². The van der Waals surface area contributed by atoms with Crippen LogP contribution < -0.4 is 4.90 Å². The fourth-order valence-corrected chi connectivity index (χ4v) is 4.23. The molecule has 1 fully saturated rings. The molecule has 1 aromatic carbocycles. The third kappa shape index (κ3) is 3.91. The Morgan fingerprint density at radius 3 is 2.69 bits per heavy atom. The number of sulfone groups is 1. The lowest BCUT2D eigenvalue weighted by Gasteiger charge is -2.33. The van der Waals surface area contributed by atoms with Gasteiger partial charge in [-0.3, -0.25) is 10.1 Å². The van der Waals surface area contributed by atoms with Gasteiger partial charge in [0.2, 0.25) is 0 Å². The van der Waals surface area contributed by atoms with Crippen LogP contribution in [0.4, 0.5) is 24.5 Å². The van der Waals surface area contributed by atoms with E-state index in [4.69, 9.17) is 0 Å². The van der Waals surface area contributed by atoms with Crippen LogP contribution in [0.1, 0.15) is 31.5 Å². The first-order valence-corrected chi connectivity index (χ1v) is 10.3. The minimum atomic E-state index is -5.68. The van der Waals surface area contributed by atoms with Crippen LogP contribution in [0.2, 0.25) is 0 Å². The van der Waals surface area contributed by atoms with E-state index in [-0.39, 0.29) is 11.6 Å². The number of hydrogen-bond acceptors (Lipinski definition) is 7. The quantitative estimate of drug-likeness (QED) is 0.526. The van der Waals surface area contributed by atoms with Gasteiger partial charge in [-0.15, -0.1) is 10.2 Å². The van der Waals surface area contributed by atoms with E-state index in [1.165, 1.54) is 0 Å². The van der Waals surface area contributed by atoms with Crippen molar-refractivity contribution in [1.82, 2.24) is 14.8 Å². The van der Waals surface area contributed by atoms with Crippen molar-refractivity contribution in [2.75, 3.05) is 18.0 Å². The van der Waals surface area contributed by atoms with Crippen molar-refractivity contribution < 1.29 is 26.5 Å². The van der Waals surface area contributed by atoms with E-state index < -0.39 is 30.9 Å². The molecule has 29 heavy (non-hydrogen) atoms. The third-order valence-electron chi connectivity index (χ3n) is 4.87. The molecular weight excluding hydrogens is 415 g/mol. The number of hydrogen-bond donors (Lipinski definition) is 0. The molecule has 0 amide bonds. The van der Waals surface area contributed by atoms with E-state index in [0.717, 1.165) is 24.4 Å². The van der Waals surface area contributed by atoms with Crippen LogP contribution in [-0.2, 0) is 16.4 Å². The van der Waals surface area contributed by atoms with Crippen molar-refractivity contribution in [3.8, 4) is 0 Å². The minimum Gasteiger partial charge on any atom is -0.365 e. The number of aryl methyl sites for hydroxylation is 1. The molecule has 158 valence electrons. The van der Waals surface area contributed by atoms with Gasteiger partial charge in [0.1, 0.15) is 17.8 Å². The first-order chi connectivity index (χ1) is 13.6. The maximum atomic E-state index is 12.8. The van der Waals surface area contributed by atoms with Crippen LogP contribution in [0.15, 0.2) is 29.4 Å². The van der Waals surface area contributed by atoms with Crippen LogP contribution in [-0.4, -0.2) is 46.7 Å². The molecule has 0 N–H and O–H groups in total. The largest absolute Gasteiger partial charge is 0.501 e. The zero-order valence-electron chi connectivity index (χ0n) is 15.3. The summed E-state index contributed by atoms with van der Waals surface area (Å²) in [5.74, 6) is 0.667. The van der Waals surface area contributed by atoms with Gasteiger partial charge in [0.25, 0.3) is 15.5 Å². The highest BCUT2D eigenvalue weighted by Gasteiger charge is 2.47. The molecule has 0 saturated carbocycles. The average Bonchev–Trinajstić information content (AvgIpc) is 3.15. The number of benzene rings is 1. The zero-order chi connectivity index (χ0) is 21.4. The van der Waals surface area contributed by atoms with Crippen molar-refractivity contribution in [3.05, 3.63) is 40.5 Å². The number of rotatable bonds is 5. The zero-order valence-corrected chi connectivity index (χ0v) is 16.1. The smallest absolute Gasteiger partial charge is 0.365 e. The number of anilines is 1. The Bertz CT molecular complexity index is 1020. The van der Waals surface area contributed by atoms with Crippen molar-refractivity contribution in [2.24, 2.45) is 0 Å². The second-order valence-electron chi connectivity index (χ2n) is 6.62. The van der Waals surface area contributed by atoms with Gasteiger partial charge in [0.05, 0.1) is 9.82 Å². The molecule has 13 heteroatoms. The normalized spacial score (nSPS) is 18.1. The molecule has 3 rings (SSSR count). The Labute approximate surface area is 164 Å². The molecular formula is C16H18F3N5O4S. The minimum absolute atomic E-state index is 0.0654. The fraction of sp³-hybridized carbons (Fsp3) is 0.500. The SMILES string of the molecule is CCn1cnnc1[C@@H]1CCCN(c2ccc(S(=O)(=O)C(F)(F)F)cc2[N+](=O)[O-])C1. The van der Waals surface area contributed by atoms with Gasteiger partial charge >= 0.3 is 5.51 Å². The summed E-state index contributed by atoms with van der Waals surface area (Å²) in [5, 5.41) is 19.5. The molecule has 1 aliphatic rings. The Hall–Kier alpha value is -2.70. The lowest BCUT2D eigenvalue weighted by molar-refractivity contribution is -0.384. The lowest BCUT2D eigenvalue weighted by atomic mass is 9.96. The summed E-state index contributed by atoms with van der Waals surface area (Å²) in [6, 6.07) is 2.28. The summed E-state index contributed by atoms with van der Waals surface area (Å²) in [4.78, 5) is 11.1. The second kappa shape index (κ2) is 7.61. The van der Waals surface area contributed by atoms with E-state index in [1.54, 1.807) is 11.2 Å². The first-order valence-electron chi connectivity index (χ1n) is 8.78. The van der Waals surface area contributed by atoms with Crippen molar-refractivity contribution in [3.63, 3.8) is 0 Å². The first kappa shape index (κ1) is 21.0. The Balaban J connectivity index is 1.97. The number of nitro groups is 1. The highest BCUT2D eigenvalue weighted by Crippen LogP contribution is 2.38. The fourth-order valence-electron chi connectivity index (χ4n) is 3.45. The van der Waals surface area contributed by atoms with Gasteiger partial charge in [-0.25, -0.2) is 8.42 Å². The van der Waals surface area contributed by atoms with Crippen LogP contribution in [0.25, 0.3) is 0 Å². The van der Waals surface area contributed by atoms with Gasteiger partial charge in [-0.1, -0.05) is 0 Å². The van der Waals surface area contributed by atoms with E-state index in [2.05, 4.69) is 10.2 Å². The molecule has 2 heterocycles. The predicted octanol–water partition coefficient (Wildman–Crippen LogP) is 2.88. The average molecular weight is 433 g/mol. The molecule has 0 radical (unpaired) electrons. The van der Waals surface area contributed by atoms with Crippen molar-refractivity contribution in [2.45, 2.75) is 42.6 Å². The maximum Gasteiger partial charge on any atom is 0.501 e. The number of aromatic nitrogens is 3. The molecule has 2 aromatic rings. The highest BCUT2D eigenvalue weighted by atomic mass is 32.2. The van der Waals surface area contributed by atoms with Gasteiger partial charge in [0.15, 0.2) is 0 Å². The Kier molecular flexibility index (Phi) is 5.52. The van der Waals surface area contributed by atoms with E-state index in [1.807, 2.05) is 11.5 Å². The number of alkyl halides is 3. The number of nitro benzene ring substituents is 1. The molecule has 1 atom stereocenters. The summed E-state index contributed by atoms with van der Waals surface area (Å²) >= 11 is 0. The maximum absolute atomic E-state index is 12.8. The van der Waals surface area contributed by atoms with Gasteiger partial charge in [-0.05, 0) is 31.9 Å². The molecule has 0 aliphatic carbocycles. The van der Waals surface area contributed by atoms with Gasteiger partial charge < -0.3 is 9.47 Å². The van der Waals surface area contributed by atoms with Crippen LogP contribution in [0.3, 0.4) is 0 Å². The molecule has 9 nitrogen and oxygen atoms in total. The molecule has 0 spiro atoms. The number of nitrogens with zero attached hydrogens (tertiary/aromatic N) is 5. The Morgan fingerprint density at radius 1 is 1.34 bits per heavy atom. The van der Waals surface area contributed by atoms with Crippen molar-refractivity contribution >= 4 is 21.2 Å². The summed E-state index contributed by atoms with van der Waals surface area (Å²) in [5.41, 5.74) is -6.15. The van der Waals surface area contributed by atoms with Crippen LogP contribution in [0, 0.1) is 10.1 Å². The topological polar surface area (TPSA) is 111 Å². The molecule has 1 aromatic heterocycles. The standard InChI is InChI=1S/C16H18F3N5O4S/c1-2-22-10-20-21-15(22)11-4-3-7-23(9-11)13-6-5-12(8-14(13)24(25)26)29(27,28)16(17,18)19/h5-6,8,10-11H,2-4,7,9H2,1H3/t11-/m1/s1. The second-order valence-corrected chi connectivity index (χ2v) is 8.56. The monoisotopic (exact) mass is 433 g/mol. The number of piperidine rings is 1. The molecule has 1 aliphatic heterocycles. The molecule has 0 unspecified atom stereocenters. The van der Waals surface area contributed by atoms with E-state index in [9.17, 15) is 31.7 Å². The van der Waals surface area contributed by atoms with E-state index >= 15 is 0 Å². The van der Waals surface area contributed by atoms with Crippen LogP contribution in [0.5, 0.6) is 0 Å². The molecule has 0 bridgehead atoms. The van der Waals surface area contributed by atoms with Gasteiger partial charge in [0, 0.05) is 31.6 Å². The summed E-state index contributed by atoms with van der Waals surface area (Å²) in [7, 11) is -5.68. The van der Waals surface area contributed by atoms with Gasteiger partial charge in [-0.2, -0.15) is 13.2 Å². The predicted molar refractivity (Wildman–Crippen MR) is 96.2 cm³/mol. The molecule has 1 saturated heterocycles. The third-order valence-corrected chi connectivity index (χ3v) is 6.36.